The highest BCUT2D eigenvalue weighted by Gasteiger charge is 2.35. The predicted octanol–water partition coefficient (Wildman–Crippen LogP) is 2.01. The molecule has 1 unspecified atom stereocenters. The first-order valence-electron chi connectivity index (χ1n) is 6.29. The third-order valence-electron chi connectivity index (χ3n) is 2.97. The van der Waals surface area contributed by atoms with Crippen LogP contribution in [-0.2, 0) is 9.53 Å². The van der Waals surface area contributed by atoms with Crippen LogP contribution in [0.15, 0.2) is 12.3 Å². The van der Waals surface area contributed by atoms with Crippen LogP contribution in [0, 0.1) is 21.4 Å². The molecule has 0 saturated carbocycles. The second-order valence-electron chi connectivity index (χ2n) is 4.66. The van der Waals surface area contributed by atoms with Crippen LogP contribution in [-0.4, -0.2) is 28.5 Å². The molecule has 1 rings (SSSR count). The molecule has 0 radical (unpaired) electrons. The quantitative estimate of drug-likeness (QED) is 0.484. The van der Waals surface area contributed by atoms with Crippen molar-refractivity contribution in [2.45, 2.75) is 32.2 Å². The summed E-state index contributed by atoms with van der Waals surface area (Å²) in [4.78, 5) is 26.2. The molecule has 1 atom stereocenters. The number of ether oxygens (including phenoxy) is 1. The summed E-state index contributed by atoms with van der Waals surface area (Å²) in [5, 5.41) is 22.6. The Kier molecular flexibility index (Phi) is 5.18. The van der Waals surface area contributed by atoms with E-state index in [9.17, 15) is 14.9 Å². The van der Waals surface area contributed by atoms with Crippen molar-refractivity contribution >= 4 is 17.5 Å². The summed E-state index contributed by atoms with van der Waals surface area (Å²) in [6.07, 6.45) is 2.29. The molecule has 0 amide bonds. The van der Waals surface area contributed by atoms with Gasteiger partial charge in [0.05, 0.1) is 17.6 Å². The van der Waals surface area contributed by atoms with Crippen LogP contribution in [0.3, 0.4) is 0 Å². The van der Waals surface area contributed by atoms with E-state index in [1.165, 1.54) is 13.3 Å². The van der Waals surface area contributed by atoms with Gasteiger partial charge in [-0.15, -0.1) is 0 Å². The van der Waals surface area contributed by atoms with Gasteiger partial charge in [-0.1, -0.05) is 13.3 Å². The van der Waals surface area contributed by atoms with E-state index in [1.54, 1.807) is 13.0 Å². The first-order chi connectivity index (χ1) is 9.87. The van der Waals surface area contributed by atoms with Gasteiger partial charge in [0.25, 0.3) is 0 Å². The van der Waals surface area contributed by atoms with E-state index < -0.39 is 16.4 Å². The second kappa shape index (κ2) is 6.65. The van der Waals surface area contributed by atoms with E-state index in [4.69, 9.17) is 10.00 Å². The van der Waals surface area contributed by atoms with Gasteiger partial charge in [0.2, 0.25) is 5.82 Å². The maximum Gasteiger partial charge on any atom is 0.331 e. The van der Waals surface area contributed by atoms with Gasteiger partial charge in [-0.05, 0) is 13.3 Å². The first kappa shape index (κ1) is 16.4. The van der Waals surface area contributed by atoms with E-state index >= 15 is 0 Å². The van der Waals surface area contributed by atoms with E-state index in [0.717, 1.165) is 6.07 Å². The molecule has 1 aromatic rings. The average molecular weight is 292 g/mol. The minimum Gasteiger partial charge on any atom is -0.467 e. The van der Waals surface area contributed by atoms with Crippen LogP contribution in [0.2, 0.25) is 0 Å². The number of nitrogens with one attached hydrogen (secondary N) is 1. The Bertz CT molecular complexity index is 596. The van der Waals surface area contributed by atoms with E-state index in [2.05, 4.69) is 10.3 Å². The Morgan fingerprint density at radius 2 is 2.33 bits per heavy atom. The monoisotopic (exact) mass is 292 g/mol. The number of carbonyl (C=O) groups excluding carboxylic acids is 1. The lowest BCUT2D eigenvalue weighted by Gasteiger charge is -2.27. The number of hydrogen-bond acceptors (Lipinski definition) is 7. The van der Waals surface area contributed by atoms with Crippen molar-refractivity contribution in [1.82, 2.24) is 4.98 Å². The second-order valence-corrected chi connectivity index (χ2v) is 4.66. The van der Waals surface area contributed by atoms with Crippen LogP contribution < -0.4 is 5.32 Å². The molecule has 1 heterocycles. The number of methoxy groups -OCH3 is 1. The van der Waals surface area contributed by atoms with Crippen molar-refractivity contribution < 1.29 is 14.5 Å². The lowest BCUT2D eigenvalue weighted by atomic mass is 9.96. The van der Waals surface area contributed by atoms with E-state index in [-0.39, 0.29) is 17.1 Å². The molecule has 0 bridgehead atoms. The van der Waals surface area contributed by atoms with Gasteiger partial charge in [0.1, 0.15) is 11.6 Å². The number of pyridine rings is 1. The normalized spacial score (nSPS) is 12.9. The highest BCUT2D eigenvalue weighted by molar-refractivity contribution is 5.84. The van der Waals surface area contributed by atoms with Crippen molar-refractivity contribution in [1.29, 1.82) is 5.26 Å². The highest BCUT2D eigenvalue weighted by Crippen LogP contribution is 2.28. The molecule has 0 saturated heterocycles. The number of hydrogen-bond donors (Lipinski definition) is 1. The summed E-state index contributed by atoms with van der Waals surface area (Å²) in [6.45, 7) is 3.47. The minimum atomic E-state index is -1.13. The van der Waals surface area contributed by atoms with Crippen LogP contribution in [0.5, 0.6) is 0 Å². The number of nitriles is 1. The Morgan fingerprint density at radius 1 is 1.67 bits per heavy atom. The maximum atomic E-state index is 11.9. The molecule has 8 heteroatoms. The van der Waals surface area contributed by atoms with Gasteiger partial charge >= 0.3 is 11.7 Å². The van der Waals surface area contributed by atoms with Gasteiger partial charge in [-0.25, -0.2) is 9.78 Å². The van der Waals surface area contributed by atoms with Crippen molar-refractivity contribution in [3.8, 4) is 6.07 Å². The largest absolute Gasteiger partial charge is 0.467 e. The van der Waals surface area contributed by atoms with Gasteiger partial charge < -0.3 is 10.1 Å². The molecule has 112 valence electrons. The number of nitrogens with zero attached hydrogens (tertiary/aromatic N) is 3. The molecule has 8 nitrogen and oxygen atoms in total. The van der Waals surface area contributed by atoms with Gasteiger partial charge in [-0.2, -0.15) is 5.26 Å². The first-order valence-corrected chi connectivity index (χ1v) is 6.29. The summed E-state index contributed by atoms with van der Waals surface area (Å²) in [5.74, 6) is -0.606. The molecule has 0 aliphatic heterocycles. The van der Waals surface area contributed by atoms with E-state index in [1.807, 2.05) is 6.92 Å². The zero-order valence-corrected chi connectivity index (χ0v) is 12.0. The standard InChI is InChI=1S/C13H16N4O4/c1-4-5-13(2,12(18)21-3)16-11-10(17(19)20)6-9(7-14)8-15-11/h6,8H,4-5H2,1-3H3,(H,15,16). The van der Waals surface area contributed by atoms with Crippen LogP contribution in [0.4, 0.5) is 11.5 Å². The molecule has 1 N–H and O–H groups in total. The average Bonchev–Trinajstić information content (AvgIpc) is 2.46. The topological polar surface area (TPSA) is 118 Å². The van der Waals surface area contributed by atoms with Crippen molar-refractivity contribution in [2.75, 3.05) is 12.4 Å². The van der Waals surface area contributed by atoms with Crippen molar-refractivity contribution in [3.05, 3.63) is 27.9 Å². The Balaban J connectivity index is 3.24. The molecule has 21 heavy (non-hydrogen) atoms. The number of carbonyl (C=O) groups is 1. The van der Waals surface area contributed by atoms with Crippen LogP contribution >= 0.6 is 0 Å². The fourth-order valence-corrected chi connectivity index (χ4v) is 1.95. The van der Waals surface area contributed by atoms with Crippen molar-refractivity contribution in [2.24, 2.45) is 0 Å². The SMILES string of the molecule is CCCC(C)(Nc1ncc(C#N)cc1[N+](=O)[O-])C(=O)OC. The van der Waals surface area contributed by atoms with Gasteiger partial charge in [-0.3, -0.25) is 10.1 Å². The molecular formula is C13H16N4O4. The third kappa shape index (κ3) is 3.66. The minimum absolute atomic E-state index is 0.0691. The molecule has 0 aliphatic rings. The number of aromatic nitrogens is 1. The number of rotatable bonds is 6. The molecule has 0 aliphatic carbocycles. The summed E-state index contributed by atoms with van der Waals surface area (Å²) in [7, 11) is 1.25. The summed E-state index contributed by atoms with van der Waals surface area (Å²) in [5.41, 5.74) is -1.42. The lowest BCUT2D eigenvalue weighted by Crippen LogP contribution is -2.44. The zero-order chi connectivity index (χ0) is 16.0. The zero-order valence-electron chi connectivity index (χ0n) is 12.0. The summed E-state index contributed by atoms with van der Waals surface area (Å²) >= 11 is 0. The number of esters is 1. The molecular weight excluding hydrogens is 276 g/mol. The van der Waals surface area contributed by atoms with E-state index in [0.29, 0.717) is 12.8 Å². The highest BCUT2D eigenvalue weighted by atomic mass is 16.6. The van der Waals surface area contributed by atoms with Gasteiger partial charge in [0.15, 0.2) is 0 Å². The van der Waals surface area contributed by atoms with Gasteiger partial charge in [0, 0.05) is 12.3 Å². The molecule has 0 spiro atoms. The fraction of sp³-hybridized carbons (Fsp3) is 0.462. The van der Waals surface area contributed by atoms with Crippen LogP contribution in [0.25, 0.3) is 0 Å². The molecule has 1 aromatic heterocycles. The molecule has 0 aromatic carbocycles. The Labute approximate surface area is 121 Å². The smallest absolute Gasteiger partial charge is 0.331 e. The van der Waals surface area contributed by atoms with Crippen LogP contribution in [0.1, 0.15) is 32.3 Å². The Hall–Kier alpha value is -2.69. The summed E-state index contributed by atoms with van der Waals surface area (Å²) < 4.78 is 4.73. The predicted molar refractivity (Wildman–Crippen MR) is 74.6 cm³/mol. The summed E-state index contributed by atoms with van der Waals surface area (Å²) in [6, 6.07) is 2.90. The Morgan fingerprint density at radius 3 is 2.81 bits per heavy atom. The number of anilines is 1. The van der Waals surface area contributed by atoms with Crippen molar-refractivity contribution in [3.63, 3.8) is 0 Å². The number of nitro groups is 1. The lowest BCUT2D eigenvalue weighted by molar-refractivity contribution is -0.384. The maximum absolute atomic E-state index is 11.9. The fourth-order valence-electron chi connectivity index (χ4n) is 1.95. The third-order valence-corrected chi connectivity index (χ3v) is 2.97. The molecule has 0 fully saturated rings.